The smallest absolute Gasteiger partial charge is 0.240 e. The number of carbonyl (C=O) groups is 2. The number of anilines is 2. The summed E-state index contributed by atoms with van der Waals surface area (Å²) in [5.41, 5.74) is -0.166. The van der Waals surface area contributed by atoms with Gasteiger partial charge in [0.25, 0.3) is 0 Å². The number of rotatable bonds is 20. The first-order valence-corrected chi connectivity index (χ1v) is 16.9. The highest BCUT2D eigenvalue weighted by atomic mass is 19.1. The van der Waals surface area contributed by atoms with Crippen molar-refractivity contribution in [3.63, 3.8) is 0 Å². The van der Waals surface area contributed by atoms with Gasteiger partial charge in [-0.15, -0.1) is 0 Å². The van der Waals surface area contributed by atoms with Gasteiger partial charge in [-0.25, -0.2) is 8.78 Å². The predicted octanol–water partition coefficient (Wildman–Crippen LogP) is 8.05. The molecule has 12 heteroatoms. The first kappa shape index (κ1) is 36.5. The minimum atomic E-state index is -1.28. The number of hydrogen-bond acceptors (Lipinski definition) is 8. The predicted molar refractivity (Wildman–Crippen MR) is 186 cm³/mol. The number of halogens is 2. The van der Waals surface area contributed by atoms with Gasteiger partial charge in [0, 0.05) is 61.5 Å². The Hall–Kier alpha value is -4.81. The Kier molecular flexibility index (Phi) is 12.9. The van der Waals surface area contributed by atoms with Crippen molar-refractivity contribution in [1.82, 2.24) is 4.98 Å². The van der Waals surface area contributed by atoms with Gasteiger partial charge in [-0.05, 0) is 93.5 Å². The molecule has 2 N–H and O–H groups in total. The first-order chi connectivity index (χ1) is 24.3. The van der Waals surface area contributed by atoms with Gasteiger partial charge in [0.2, 0.25) is 11.8 Å². The summed E-state index contributed by atoms with van der Waals surface area (Å²) in [5, 5.41) is 5.88. The lowest BCUT2D eigenvalue weighted by Crippen LogP contribution is -2.35. The van der Waals surface area contributed by atoms with E-state index >= 15 is 4.39 Å². The number of methoxy groups -OCH3 is 1. The van der Waals surface area contributed by atoms with Gasteiger partial charge in [-0.3, -0.25) is 14.6 Å². The third-order valence-corrected chi connectivity index (χ3v) is 8.23. The Morgan fingerprint density at radius 1 is 0.740 bits per heavy atom. The molecule has 0 unspecified atom stereocenters. The maximum Gasteiger partial charge on any atom is 0.240 e. The highest BCUT2D eigenvalue weighted by Crippen LogP contribution is 2.47. The van der Waals surface area contributed by atoms with Crippen LogP contribution in [0.1, 0.15) is 51.9 Å². The molecule has 266 valence electrons. The summed E-state index contributed by atoms with van der Waals surface area (Å²) in [6.45, 7) is 5.54. The Bertz CT molecular complexity index is 1750. The highest BCUT2D eigenvalue weighted by Gasteiger charge is 2.56. The van der Waals surface area contributed by atoms with Crippen LogP contribution in [-0.2, 0) is 19.1 Å². The molecule has 0 radical (unpaired) electrons. The quantitative estimate of drug-likeness (QED) is 0.0707. The van der Waals surface area contributed by atoms with E-state index in [1.165, 1.54) is 43.5 Å². The number of hydrogen-bond donors (Lipinski definition) is 2. The minimum Gasteiger partial charge on any atom is -0.493 e. The minimum absolute atomic E-state index is 0.0722. The van der Waals surface area contributed by atoms with E-state index in [-0.39, 0.29) is 11.4 Å². The second kappa shape index (κ2) is 17.7. The molecule has 1 aliphatic rings. The summed E-state index contributed by atoms with van der Waals surface area (Å²) in [6.07, 6.45) is 6.91. The third kappa shape index (κ3) is 9.66. The van der Waals surface area contributed by atoms with E-state index in [4.69, 9.17) is 23.7 Å². The van der Waals surface area contributed by atoms with Crippen LogP contribution in [0.3, 0.4) is 0 Å². The summed E-state index contributed by atoms with van der Waals surface area (Å²) in [6, 6.07) is 14.4. The number of carbonyl (C=O) groups excluding carboxylic acids is 2. The molecule has 5 rings (SSSR count). The largest absolute Gasteiger partial charge is 0.493 e. The van der Waals surface area contributed by atoms with Crippen molar-refractivity contribution in [1.29, 1.82) is 0 Å². The molecule has 1 saturated carbocycles. The Balaban J connectivity index is 1.14. The molecule has 1 heterocycles. The zero-order valence-electron chi connectivity index (χ0n) is 28.4. The lowest BCUT2D eigenvalue weighted by atomic mass is 10.0. The molecule has 0 bridgehead atoms. The zero-order valence-corrected chi connectivity index (χ0v) is 28.4. The number of pyridine rings is 1. The number of aromatic nitrogens is 1. The molecule has 4 aromatic rings. The van der Waals surface area contributed by atoms with E-state index in [0.29, 0.717) is 59.9 Å². The molecule has 1 aliphatic carbocycles. The molecule has 3 aromatic carbocycles. The average molecular weight is 692 g/mol. The molecule has 1 fully saturated rings. The van der Waals surface area contributed by atoms with Crippen LogP contribution in [0.5, 0.6) is 23.0 Å². The summed E-state index contributed by atoms with van der Waals surface area (Å²) >= 11 is 0. The van der Waals surface area contributed by atoms with Gasteiger partial charge < -0.3 is 34.3 Å². The second-order valence-electron chi connectivity index (χ2n) is 12.1. The van der Waals surface area contributed by atoms with Crippen molar-refractivity contribution in [2.75, 3.05) is 50.8 Å². The molecule has 1 aromatic heterocycles. The van der Waals surface area contributed by atoms with Crippen LogP contribution in [0.15, 0.2) is 66.9 Å². The van der Waals surface area contributed by atoms with E-state index in [9.17, 15) is 14.0 Å². The van der Waals surface area contributed by atoms with Gasteiger partial charge in [0.1, 0.15) is 17.0 Å². The summed E-state index contributed by atoms with van der Waals surface area (Å²) in [4.78, 5) is 30.4. The number of nitrogens with one attached hydrogen (secondary N) is 2. The summed E-state index contributed by atoms with van der Waals surface area (Å²) in [7, 11) is 1.54. The average Bonchev–Trinajstić information content (AvgIpc) is 3.93. The lowest BCUT2D eigenvalue weighted by molar-refractivity contribution is -0.131. The van der Waals surface area contributed by atoms with Crippen molar-refractivity contribution < 1.29 is 42.1 Å². The number of benzene rings is 3. The van der Waals surface area contributed by atoms with Crippen molar-refractivity contribution in [3.05, 3.63) is 78.5 Å². The molecule has 0 spiro atoms. The lowest BCUT2D eigenvalue weighted by Gasteiger charge is -2.16. The van der Waals surface area contributed by atoms with E-state index < -0.39 is 28.9 Å². The summed E-state index contributed by atoms with van der Waals surface area (Å²) < 4.78 is 57.2. The SMILES string of the molecule is CCCOCCCCOCCCCOc1cc2nccc(Oc3ccc(NC(=O)C4(C(=O)Nc5ccc(F)cc5)CC4)cc3F)c2cc1OC. The third-order valence-electron chi connectivity index (χ3n) is 8.23. The monoisotopic (exact) mass is 691 g/mol. The second-order valence-corrected chi connectivity index (χ2v) is 12.1. The van der Waals surface area contributed by atoms with Gasteiger partial charge in [0.05, 0.1) is 19.2 Å². The number of fused-ring (bicyclic) bond motifs is 1. The molecule has 2 amide bonds. The van der Waals surface area contributed by atoms with Gasteiger partial charge in [-0.1, -0.05) is 6.92 Å². The fourth-order valence-corrected chi connectivity index (χ4v) is 5.23. The normalized spacial score (nSPS) is 13.1. The van der Waals surface area contributed by atoms with Crippen LogP contribution in [0.25, 0.3) is 10.9 Å². The maximum atomic E-state index is 15.3. The molecular weight excluding hydrogens is 648 g/mol. The van der Waals surface area contributed by atoms with Crippen LogP contribution in [-0.4, -0.2) is 56.9 Å². The highest BCUT2D eigenvalue weighted by molar-refractivity contribution is 6.16. The Morgan fingerprint density at radius 3 is 2.02 bits per heavy atom. The number of unbranched alkanes of at least 4 members (excludes halogenated alkanes) is 2. The van der Waals surface area contributed by atoms with E-state index in [0.717, 1.165) is 58.0 Å². The Morgan fingerprint density at radius 2 is 1.38 bits per heavy atom. The molecule has 50 heavy (non-hydrogen) atoms. The van der Waals surface area contributed by atoms with E-state index in [2.05, 4.69) is 22.5 Å². The van der Waals surface area contributed by atoms with E-state index in [1.807, 2.05) is 0 Å². The number of amides is 2. The number of ether oxygens (including phenoxy) is 5. The van der Waals surface area contributed by atoms with Gasteiger partial charge in [0.15, 0.2) is 23.1 Å². The zero-order chi connectivity index (χ0) is 35.3. The fraction of sp³-hybridized carbons (Fsp3) is 0.395. The van der Waals surface area contributed by atoms with E-state index in [1.54, 1.807) is 24.4 Å². The van der Waals surface area contributed by atoms with Crippen molar-refractivity contribution in [2.45, 2.75) is 51.9 Å². The van der Waals surface area contributed by atoms with Crippen LogP contribution in [0, 0.1) is 17.0 Å². The van der Waals surface area contributed by atoms with Crippen molar-refractivity contribution >= 4 is 34.1 Å². The van der Waals surface area contributed by atoms with Crippen LogP contribution in [0.2, 0.25) is 0 Å². The van der Waals surface area contributed by atoms with Crippen molar-refractivity contribution in [2.24, 2.45) is 5.41 Å². The fourth-order valence-electron chi connectivity index (χ4n) is 5.23. The van der Waals surface area contributed by atoms with Gasteiger partial charge >= 0.3 is 0 Å². The standard InChI is InChI=1S/C38H43F2N3O7/c1-3-18-47-19-4-5-20-48-21-6-7-22-49-35-25-31-29(24-34(35)46-2)32(14-17-41-31)50-33-13-12-28(23-30(33)40)43-37(45)38(15-16-38)36(44)42-27-10-8-26(39)9-11-27/h8-14,17,23-25H,3-7,15-16,18-22H2,1-2H3,(H,42,44)(H,43,45). The van der Waals surface area contributed by atoms with Crippen molar-refractivity contribution in [3.8, 4) is 23.0 Å². The van der Waals surface area contributed by atoms with Gasteiger partial charge in [-0.2, -0.15) is 0 Å². The van der Waals surface area contributed by atoms with Crippen LogP contribution < -0.4 is 24.8 Å². The maximum absolute atomic E-state index is 15.3. The first-order valence-electron chi connectivity index (χ1n) is 16.9. The molecule has 10 nitrogen and oxygen atoms in total. The molecule has 0 saturated heterocycles. The molecular formula is C38H43F2N3O7. The van der Waals surface area contributed by atoms with Crippen LogP contribution >= 0.6 is 0 Å². The molecule has 0 aliphatic heterocycles. The topological polar surface area (TPSA) is 117 Å². The Labute approximate surface area is 290 Å². The van der Waals surface area contributed by atoms with Crippen LogP contribution in [0.4, 0.5) is 20.2 Å². The molecule has 0 atom stereocenters. The summed E-state index contributed by atoms with van der Waals surface area (Å²) in [5.74, 6) is -0.928. The number of nitrogens with zero attached hydrogens (tertiary/aromatic N) is 1.